The molecule has 26 heavy (non-hydrogen) atoms. The van der Waals surface area contributed by atoms with Crippen molar-refractivity contribution in [1.29, 1.82) is 0 Å². The monoisotopic (exact) mass is 400 g/mol. The molecule has 0 spiro atoms. The Kier molecular flexibility index (Phi) is 5.41. The summed E-state index contributed by atoms with van der Waals surface area (Å²) in [5.74, 6) is -0.669. The van der Waals surface area contributed by atoms with E-state index < -0.39 is 31.0 Å². The van der Waals surface area contributed by atoms with Crippen LogP contribution < -0.4 is 5.32 Å². The molecule has 1 N–H and O–H groups in total. The summed E-state index contributed by atoms with van der Waals surface area (Å²) >= 11 is 0. The summed E-state index contributed by atoms with van der Waals surface area (Å²) < 4.78 is 50.7. The lowest BCUT2D eigenvalue weighted by Gasteiger charge is -2.34. The van der Waals surface area contributed by atoms with Crippen molar-refractivity contribution in [3.8, 4) is 0 Å². The van der Waals surface area contributed by atoms with Gasteiger partial charge >= 0.3 is 0 Å². The molecule has 0 saturated carbocycles. The molecule has 0 aliphatic carbocycles. The summed E-state index contributed by atoms with van der Waals surface area (Å²) in [7, 11) is -7.17. The van der Waals surface area contributed by atoms with Crippen molar-refractivity contribution in [3.05, 3.63) is 24.3 Å². The molecule has 3 rings (SSSR count). The van der Waals surface area contributed by atoms with Crippen LogP contribution in [-0.4, -0.2) is 63.5 Å². The number of sulfone groups is 2. The van der Waals surface area contributed by atoms with Gasteiger partial charge in [0.1, 0.15) is 0 Å². The van der Waals surface area contributed by atoms with Crippen LogP contribution in [0.3, 0.4) is 0 Å². The number of benzene rings is 1. The second-order valence-corrected chi connectivity index (χ2v) is 11.4. The van der Waals surface area contributed by atoms with Crippen LogP contribution in [0.2, 0.25) is 0 Å². The van der Waals surface area contributed by atoms with E-state index in [2.05, 4.69) is 5.32 Å². The van der Waals surface area contributed by atoms with E-state index in [4.69, 9.17) is 0 Å². The molecule has 1 amide bonds. The average Bonchev–Trinajstić information content (AvgIpc) is 2.92. The molecule has 2 heterocycles. The highest BCUT2D eigenvalue weighted by Gasteiger charge is 2.48. The van der Waals surface area contributed by atoms with Crippen molar-refractivity contribution in [3.63, 3.8) is 0 Å². The van der Waals surface area contributed by atoms with Gasteiger partial charge in [-0.25, -0.2) is 16.8 Å². The first-order valence-corrected chi connectivity index (χ1v) is 12.1. The van der Waals surface area contributed by atoms with Gasteiger partial charge in [0.2, 0.25) is 5.91 Å². The maximum absolute atomic E-state index is 13.1. The first-order valence-electron chi connectivity index (χ1n) is 8.75. The molecule has 2 aliphatic rings. The number of piperidine rings is 1. The number of carbonyl (C=O) groups excluding carboxylic acids is 1. The fourth-order valence-electron chi connectivity index (χ4n) is 3.79. The highest BCUT2D eigenvalue weighted by molar-refractivity contribution is 7.96. The van der Waals surface area contributed by atoms with E-state index in [1.165, 1.54) is 31.2 Å². The normalized spacial score (nSPS) is 26.5. The Morgan fingerprint density at radius 3 is 2.27 bits per heavy atom. The highest BCUT2D eigenvalue weighted by atomic mass is 32.2. The maximum atomic E-state index is 13.1. The van der Waals surface area contributed by atoms with Gasteiger partial charge in [0.15, 0.2) is 19.7 Å². The third-order valence-corrected chi connectivity index (χ3v) is 9.17. The van der Waals surface area contributed by atoms with Gasteiger partial charge in [0.05, 0.1) is 21.7 Å². The minimum atomic E-state index is -3.79. The van der Waals surface area contributed by atoms with E-state index in [0.29, 0.717) is 5.69 Å². The lowest BCUT2D eigenvalue weighted by atomic mass is 10.1. The molecule has 0 aromatic heterocycles. The highest BCUT2D eigenvalue weighted by Crippen LogP contribution is 2.31. The van der Waals surface area contributed by atoms with E-state index in [1.54, 1.807) is 0 Å². The average molecular weight is 401 g/mol. The van der Waals surface area contributed by atoms with Crippen molar-refractivity contribution < 1.29 is 21.6 Å². The van der Waals surface area contributed by atoms with Crippen LogP contribution in [0.1, 0.15) is 26.2 Å². The Morgan fingerprint density at radius 1 is 1.08 bits per heavy atom. The fourth-order valence-corrected chi connectivity index (χ4v) is 8.62. The Morgan fingerprint density at radius 2 is 1.69 bits per heavy atom. The molecule has 0 unspecified atom stereocenters. The quantitative estimate of drug-likeness (QED) is 0.811. The molecule has 1 aromatic rings. The van der Waals surface area contributed by atoms with Gasteiger partial charge in [0, 0.05) is 18.7 Å². The van der Waals surface area contributed by atoms with Gasteiger partial charge in [-0.2, -0.15) is 0 Å². The maximum Gasteiger partial charge on any atom is 0.221 e. The van der Waals surface area contributed by atoms with Crippen molar-refractivity contribution >= 4 is 31.3 Å². The molecule has 2 saturated heterocycles. The number of nitrogens with one attached hydrogen (secondary N) is 1. The molecule has 2 fully saturated rings. The van der Waals surface area contributed by atoms with Gasteiger partial charge < -0.3 is 5.32 Å². The predicted octanol–water partition coefficient (Wildman–Crippen LogP) is 1.07. The number of carbonyl (C=O) groups is 1. The summed E-state index contributed by atoms with van der Waals surface area (Å²) in [4.78, 5) is 13.2. The van der Waals surface area contributed by atoms with Crippen LogP contribution in [0.4, 0.5) is 5.69 Å². The number of amides is 1. The lowest BCUT2D eigenvalue weighted by Crippen LogP contribution is -2.48. The summed E-state index contributed by atoms with van der Waals surface area (Å²) in [6, 6.07) is 5.42. The number of likely N-dealkylation sites (tertiary alicyclic amines) is 1. The SMILES string of the molecule is CC(=O)Nc1ccc(S(=O)(=O)[C@@H]2CS(=O)(=O)C[C@H]2N2CCCCC2)cc1. The molecule has 2 atom stereocenters. The van der Waals surface area contributed by atoms with Gasteiger partial charge in [-0.3, -0.25) is 9.69 Å². The Labute approximate surface area is 154 Å². The molecule has 7 nitrogen and oxygen atoms in total. The van der Waals surface area contributed by atoms with Crippen molar-refractivity contribution in [2.45, 2.75) is 42.4 Å². The molecule has 1 aromatic carbocycles. The van der Waals surface area contributed by atoms with Gasteiger partial charge in [-0.05, 0) is 50.2 Å². The molecule has 2 aliphatic heterocycles. The second-order valence-electron chi connectivity index (χ2n) is 7.03. The number of hydrogen-bond donors (Lipinski definition) is 1. The Bertz CT molecular complexity index is 872. The third kappa shape index (κ3) is 4.10. The van der Waals surface area contributed by atoms with E-state index in [1.807, 2.05) is 4.90 Å². The van der Waals surface area contributed by atoms with E-state index in [0.717, 1.165) is 32.4 Å². The summed E-state index contributed by atoms with van der Waals surface area (Å²) in [6.45, 7) is 2.86. The summed E-state index contributed by atoms with van der Waals surface area (Å²) in [5, 5.41) is 1.64. The van der Waals surface area contributed by atoms with Gasteiger partial charge in [-0.1, -0.05) is 6.42 Å². The summed E-state index contributed by atoms with van der Waals surface area (Å²) in [6.07, 6.45) is 3.03. The van der Waals surface area contributed by atoms with Crippen LogP contribution in [0.25, 0.3) is 0 Å². The van der Waals surface area contributed by atoms with Crippen LogP contribution in [0.15, 0.2) is 29.2 Å². The first-order chi connectivity index (χ1) is 12.2. The second kappa shape index (κ2) is 7.28. The van der Waals surface area contributed by atoms with Gasteiger partial charge in [-0.15, -0.1) is 0 Å². The predicted molar refractivity (Wildman–Crippen MR) is 99.6 cm³/mol. The molecular weight excluding hydrogens is 376 g/mol. The minimum Gasteiger partial charge on any atom is -0.326 e. The van der Waals surface area contributed by atoms with E-state index in [-0.39, 0.29) is 22.3 Å². The van der Waals surface area contributed by atoms with Crippen LogP contribution in [0.5, 0.6) is 0 Å². The van der Waals surface area contributed by atoms with E-state index >= 15 is 0 Å². The number of hydrogen-bond acceptors (Lipinski definition) is 6. The zero-order chi connectivity index (χ0) is 18.9. The van der Waals surface area contributed by atoms with Crippen molar-refractivity contribution in [1.82, 2.24) is 4.90 Å². The molecule has 0 radical (unpaired) electrons. The number of nitrogens with zero attached hydrogens (tertiary/aromatic N) is 1. The Hall–Kier alpha value is -1.45. The number of rotatable bonds is 4. The van der Waals surface area contributed by atoms with Gasteiger partial charge in [0.25, 0.3) is 0 Å². The van der Waals surface area contributed by atoms with Crippen LogP contribution in [0, 0.1) is 0 Å². The van der Waals surface area contributed by atoms with Crippen LogP contribution >= 0.6 is 0 Å². The Balaban J connectivity index is 1.89. The zero-order valence-electron chi connectivity index (χ0n) is 14.7. The largest absolute Gasteiger partial charge is 0.326 e. The molecular formula is C17H24N2O5S2. The fraction of sp³-hybridized carbons (Fsp3) is 0.588. The number of anilines is 1. The third-order valence-electron chi connectivity index (χ3n) is 5.03. The first kappa shape index (κ1) is 19.3. The standard InChI is InChI=1S/C17H24N2O5S2/c1-13(20)18-14-5-7-15(8-6-14)26(23,24)17-12-25(21,22)11-16(17)19-9-3-2-4-10-19/h5-8,16-17H,2-4,9-12H2,1H3,(H,18,20)/t16-,17-/m1/s1. The van der Waals surface area contributed by atoms with Crippen molar-refractivity contribution in [2.75, 3.05) is 29.9 Å². The topological polar surface area (TPSA) is 101 Å². The smallest absolute Gasteiger partial charge is 0.221 e. The van der Waals surface area contributed by atoms with E-state index in [9.17, 15) is 21.6 Å². The summed E-state index contributed by atoms with van der Waals surface area (Å²) in [5.41, 5.74) is 0.503. The lowest BCUT2D eigenvalue weighted by molar-refractivity contribution is -0.114. The molecule has 144 valence electrons. The van der Waals surface area contributed by atoms with Crippen molar-refractivity contribution in [2.24, 2.45) is 0 Å². The van der Waals surface area contributed by atoms with Crippen LogP contribution in [-0.2, 0) is 24.5 Å². The molecule has 0 bridgehead atoms. The molecule has 9 heteroatoms. The minimum absolute atomic E-state index is 0.0933. The zero-order valence-corrected chi connectivity index (χ0v) is 16.4.